The van der Waals surface area contributed by atoms with Crippen molar-refractivity contribution in [2.45, 2.75) is 26.7 Å². The van der Waals surface area contributed by atoms with E-state index < -0.39 is 0 Å². The number of amides is 1. The summed E-state index contributed by atoms with van der Waals surface area (Å²) in [5.41, 5.74) is 3.08. The summed E-state index contributed by atoms with van der Waals surface area (Å²) in [6.07, 6.45) is 1.37. The van der Waals surface area contributed by atoms with Crippen LogP contribution < -0.4 is 10.2 Å². The Balaban J connectivity index is 0.00000289. The van der Waals surface area contributed by atoms with Crippen LogP contribution in [0.1, 0.15) is 25.8 Å². The number of rotatable bonds is 7. The molecule has 3 aromatic rings. The third-order valence-corrected chi connectivity index (χ3v) is 6.03. The van der Waals surface area contributed by atoms with E-state index in [1.54, 1.807) is 0 Å². The van der Waals surface area contributed by atoms with E-state index in [1.165, 1.54) is 10.8 Å². The summed E-state index contributed by atoms with van der Waals surface area (Å²) in [5.74, 6) is 1.15. The number of nitrogens with zero attached hydrogens (tertiary/aromatic N) is 3. The molecular weight excluding hydrogens is 420 g/mol. The van der Waals surface area contributed by atoms with Gasteiger partial charge in [-0.15, -0.1) is 12.4 Å². The van der Waals surface area contributed by atoms with Gasteiger partial charge < -0.3 is 15.1 Å². The SMILES string of the molecule is CCCNC(=O)Cc1ccc(-c2cc3ccccc3c(N3CCN(CC)CC3)n2)cc1.Cl. The monoisotopic (exact) mass is 452 g/mol. The summed E-state index contributed by atoms with van der Waals surface area (Å²) < 4.78 is 0. The van der Waals surface area contributed by atoms with Crippen molar-refractivity contribution in [3.8, 4) is 11.3 Å². The number of aromatic nitrogens is 1. The maximum Gasteiger partial charge on any atom is 0.224 e. The highest BCUT2D eigenvalue weighted by Gasteiger charge is 2.19. The number of benzene rings is 2. The van der Waals surface area contributed by atoms with Crippen LogP contribution in [-0.4, -0.2) is 55.1 Å². The lowest BCUT2D eigenvalue weighted by Crippen LogP contribution is -2.46. The second-order valence-electron chi connectivity index (χ2n) is 8.20. The summed E-state index contributed by atoms with van der Waals surface area (Å²) in [6.45, 7) is 10.3. The number of fused-ring (bicyclic) bond motifs is 1. The molecule has 1 N–H and O–H groups in total. The van der Waals surface area contributed by atoms with Crippen LogP contribution in [0, 0.1) is 0 Å². The van der Waals surface area contributed by atoms with Crippen molar-refractivity contribution in [2.24, 2.45) is 0 Å². The first-order chi connectivity index (χ1) is 15.2. The van der Waals surface area contributed by atoms with Gasteiger partial charge >= 0.3 is 0 Å². The van der Waals surface area contributed by atoms with Crippen LogP contribution in [0.2, 0.25) is 0 Å². The van der Waals surface area contributed by atoms with E-state index >= 15 is 0 Å². The highest BCUT2D eigenvalue weighted by atomic mass is 35.5. The maximum absolute atomic E-state index is 12.0. The minimum atomic E-state index is 0. The van der Waals surface area contributed by atoms with Gasteiger partial charge in [-0.25, -0.2) is 4.98 Å². The van der Waals surface area contributed by atoms with Crippen molar-refractivity contribution >= 4 is 34.9 Å². The van der Waals surface area contributed by atoms with E-state index in [9.17, 15) is 4.79 Å². The van der Waals surface area contributed by atoms with Crippen LogP contribution in [-0.2, 0) is 11.2 Å². The Kier molecular flexibility index (Phi) is 8.48. The Morgan fingerprint density at radius 2 is 1.72 bits per heavy atom. The molecule has 1 amide bonds. The van der Waals surface area contributed by atoms with Crippen LogP contribution in [0.5, 0.6) is 0 Å². The molecule has 1 aromatic heterocycles. The summed E-state index contributed by atoms with van der Waals surface area (Å²) in [5, 5.41) is 5.36. The standard InChI is InChI=1S/C26H32N4O.ClH/c1-3-13-27-25(31)18-20-9-11-21(12-10-20)24-19-22-7-5-6-8-23(22)26(28-24)30-16-14-29(4-2)15-17-30;/h5-12,19H,3-4,13-18H2,1-2H3,(H,27,31);1H. The molecular formula is C26H33ClN4O. The predicted octanol–water partition coefficient (Wildman–Crippen LogP) is 4.53. The van der Waals surface area contributed by atoms with Gasteiger partial charge in [-0.05, 0) is 30.0 Å². The molecule has 6 heteroatoms. The van der Waals surface area contributed by atoms with Crippen molar-refractivity contribution in [3.05, 3.63) is 60.2 Å². The van der Waals surface area contributed by atoms with Crippen LogP contribution in [0.15, 0.2) is 54.6 Å². The second kappa shape index (κ2) is 11.3. The van der Waals surface area contributed by atoms with Crippen LogP contribution >= 0.6 is 12.4 Å². The fourth-order valence-electron chi connectivity index (χ4n) is 4.15. The largest absolute Gasteiger partial charge is 0.356 e. The van der Waals surface area contributed by atoms with Crippen molar-refractivity contribution in [1.82, 2.24) is 15.2 Å². The molecule has 2 heterocycles. The number of pyridine rings is 1. The van der Waals surface area contributed by atoms with E-state index in [0.717, 1.165) is 68.3 Å². The van der Waals surface area contributed by atoms with Crippen molar-refractivity contribution < 1.29 is 4.79 Å². The zero-order valence-corrected chi connectivity index (χ0v) is 19.8. The van der Waals surface area contributed by atoms with Gasteiger partial charge in [0.2, 0.25) is 5.91 Å². The Labute approximate surface area is 197 Å². The number of halogens is 1. The molecule has 0 aliphatic carbocycles. The van der Waals surface area contributed by atoms with Crippen LogP contribution in [0.4, 0.5) is 5.82 Å². The minimum Gasteiger partial charge on any atom is -0.356 e. The van der Waals surface area contributed by atoms with Gasteiger partial charge in [-0.1, -0.05) is 62.4 Å². The van der Waals surface area contributed by atoms with E-state index in [0.29, 0.717) is 6.42 Å². The number of hydrogen-bond acceptors (Lipinski definition) is 4. The number of anilines is 1. The molecule has 1 aliphatic heterocycles. The van der Waals surface area contributed by atoms with Crippen LogP contribution in [0.25, 0.3) is 22.0 Å². The number of likely N-dealkylation sites (N-methyl/N-ethyl adjacent to an activating group) is 1. The molecule has 1 saturated heterocycles. The summed E-state index contributed by atoms with van der Waals surface area (Å²) in [6, 6.07) is 18.9. The van der Waals surface area contributed by atoms with E-state index in [2.05, 4.69) is 71.4 Å². The van der Waals surface area contributed by atoms with Gasteiger partial charge in [0.05, 0.1) is 12.1 Å². The van der Waals surface area contributed by atoms with E-state index in [-0.39, 0.29) is 18.3 Å². The molecule has 4 rings (SSSR count). The average Bonchev–Trinajstić information content (AvgIpc) is 2.82. The van der Waals surface area contributed by atoms with Gasteiger partial charge in [-0.3, -0.25) is 4.79 Å². The zero-order chi connectivity index (χ0) is 21.6. The predicted molar refractivity (Wildman–Crippen MR) is 136 cm³/mol. The Morgan fingerprint density at radius 1 is 1.00 bits per heavy atom. The lowest BCUT2D eigenvalue weighted by atomic mass is 10.0. The molecule has 32 heavy (non-hydrogen) atoms. The quantitative estimate of drug-likeness (QED) is 0.572. The molecule has 0 saturated carbocycles. The lowest BCUT2D eigenvalue weighted by Gasteiger charge is -2.35. The molecule has 2 aromatic carbocycles. The Morgan fingerprint density at radius 3 is 2.41 bits per heavy atom. The number of hydrogen-bond donors (Lipinski definition) is 1. The highest BCUT2D eigenvalue weighted by Crippen LogP contribution is 2.30. The van der Waals surface area contributed by atoms with Crippen LogP contribution in [0.3, 0.4) is 0 Å². The molecule has 1 aliphatic rings. The zero-order valence-electron chi connectivity index (χ0n) is 19.0. The molecule has 0 bridgehead atoms. The second-order valence-corrected chi connectivity index (χ2v) is 8.20. The molecule has 0 spiro atoms. The van der Waals surface area contributed by atoms with Gasteiger partial charge in [0, 0.05) is 43.7 Å². The van der Waals surface area contributed by atoms with Gasteiger partial charge in [0.25, 0.3) is 0 Å². The van der Waals surface area contributed by atoms with E-state index in [4.69, 9.17) is 4.98 Å². The number of piperazine rings is 1. The molecule has 0 radical (unpaired) electrons. The maximum atomic E-state index is 12.0. The number of carbonyl (C=O) groups is 1. The van der Waals surface area contributed by atoms with E-state index in [1.807, 2.05) is 12.1 Å². The van der Waals surface area contributed by atoms with Crippen molar-refractivity contribution in [1.29, 1.82) is 0 Å². The highest BCUT2D eigenvalue weighted by molar-refractivity contribution is 5.95. The first-order valence-corrected chi connectivity index (χ1v) is 11.4. The third-order valence-electron chi connectivity index (χ3n) is 6.03. The molecule has 0 unspecified atom stereocenters. The Bertz CT molecular complexity index is 1030. The van der Waals surface area contributed by atoms with Gasteiger partial charge in [0.15, 0.2) is 0 Å². The normalized spacial score (nSPS) is 14.2. The molecule has 1 fully saturated rings. The van der Waals surface area contributed by atoms with Crippen molar-refractivity contribution in [3.63, 3.8) is 0 Å². The minimum absolute atomic E-state index is 0. The van der Waals surface area contributed by atoms with Gasteiger partial charge in [0.1, 0.15) is 5.82 Å². The average molecular weight is 453 g/mol. The number of nitrogens with one attached hydrogen (secondary N) is 1. The summed E-state index contributed by atoms with van der Waals surface area (Å²) >= 11 is 0. The first-order valence-electron chi connectivity index (χ1n) is 11.4. The molecule has 0 atom stereocenters. The van der Waals surface area contributed by atoms with Crippen molar-refractivity contribution in [2.75, 3.05) is 44.2 Å². The summed E-state index contributed by atoms with van der Waals surface area (Å²) in [4.78, 5) is 22.0. The summed E-state index contributed by atoms with van der Waals surface area (Å²) in [7, 11) is 0. The molecule has 170 valence electrons. The van der Waals surface area contributed by atoms with Gasteiger partial charge in [-0.2, -0.15) is 0 Å². The lowest BCUT2D eigenvalue weighted by molar-refractivity contribution is -0.120. The smallest absolute Gasteiger partial charge is 0.224 e. The number of carbonyl (C=O) groups excluding carboxylic acids is 1. The third kappa shape index (κ3) is 5.59. The topological polar surface area (TPSA) is 48.5 Å². The fourth-order valence-corrected chi connectivity index (χ4v) is 4.15. The fraction of sp³-hybridized carbons (Fsp3) is 0.385. The first kappa shape index (κ1) is 24.0. The molecule has 5 nitrogen and oxygen atoms in total. The Hall–Kier alpha value is -2.63.